The van der Waals surface area contributed by atoms with Crippen molar-refractivity contribution < 1.29 is 0 Å². The lowest BCUT2D eigenvalue weighted by Crippen LogP contribution is -2.14. The molecule has 0 aliphatic heterocycles. The molecular formula is C58H37N3S. The molecule has 0 spiro atoms. The maximum atomic E-state index is 5.29. The highest BCUT2D eigenvalue weighted by atomic mass is 32.1. The number of hydrogen-bond donors (Lipinski definition) is 0. The third-order valence-electron chi connectivity index (χ3n) is 13.9. The first-order valence-corrected chi connectivity index (χ1v) is 22.3. The fraction of sp³-hybridized carbons (Fsp3) is 0.0517. The van der Waals surface area contributed by atoms with Crippen LogP contribution in [0.2, 0.25) is 0 Å². The van der Waals surface area contributed by atoms with Crippen LogP contribution in [0.15, 0.2) is 188 Å². The fourth-order valence-corrected chi connectivity index (χ4v) is 12.2. The summed E-state index contributed by atoms with van der Waals surface area (Å²) in [5.74, 6) is 0. The number of nitrogens with zero attached hydrogens (tertiary/aromatic N) is 3. The third kappa shape index (κ3) is 4.51. The molecule has 14 rings (SSSR count). The summed E-state index contributed by atoms with van der Waals surface area (Å²) in [6, 6.07) is 69.8. The second kappa shape index (κ2) is 12.3. The van der Waals surface area contributed by atoms with Crippen LogP contribution in [0, 0.1) is 0 Å². The summed E-state index contributed by atoms with van der Waals surface area (Å²) in [5, 5.41) is 9.88. The number of benzene rings is 9. The van der Waals surface area contributed by atoms with E-state index in [-0.39, 0.29) is 5.41 Å². The number of rotatable bonds is 3. The second-order valence-electron chi connectivity index (χ2n) is 17.5. The van der Waals surface area contributed by atoms with Gasteiger partial charge in [-0.2, -0.15) is 0 Å². The standard InChI is InChI=1S/C58H37N3S/c1-58(2)46-19-9-5-15-39(46)43-33-37(26-27-47(43)58)60-49-21-11-7-16-40(49)44-31-35(24-28-50(44)60)36-25-29-51-45(32-36)54-38-14-4-3-13-34(38)23-30-52(54)61(51)56-41-17-6-10-20-48(41)59-55-42-18-8-12-22-53(42)62-57(55)56/h3-33H,1-2H3. The number of fused-ring (bicyclic) bond motifs is 15. The fourth-order valence-electron chi connectivity index (χ4n) is 11.0. The average Bonchev–Trinajstić information content (AvgIpc) is 4.03. The summed E-state index contributed by atoms with van der Waals surface area (Å²) in [6.45, 7) is 4.70. The quantitative estimate of drug-likeness (QED) is 0.174. The molecule has 4 heteroatoms. The predicted octanol–water partition coefficient (Wildman–Crippen LogP) is 15.9. The Kier molecular flexibility index (Phi) is 6.78. The first kappa shape index (κ1) is 34.2. The number of thiophene rings is 1. The lowest BCUT2D eigenvalue weighted by atomic mass is 9.82. The minimum Gasteiger partial charge on any atom is -0.309 e. The molecule has 0 atom stereocenters. The molecule has 0 saturated carbocycles. The van der Waals surface area contributed by atoms with Crippen LogP contribution >= 0.6 is 11.3 Å². The molecule has 0 fully saturated rings. The van der Waals surface area contributed by atoms with Crippen molar-refractivity contribution in [2.24, 2.45) is 0 Å². The normalized spacial score (nSPS) is 13.5. The van der Waals surface area contributed by atoms with Crippen LogP contribution in [0.1, 0.15) is 25.0 Å². The Bertz CT molecular complexity index is 4080. The van der Waals surface area contributed by atoms with Gasteiger partial charge in [-0.15, -0.1) is 11.3 Å². The zero-order valence-corrected chi connectivity index (χ0v) is 35.0. The van der Waals surface area contributed by atoms with Crippen molar-refractivity contribution in [1.29, 1.82) is 0 Å². The van der Waals surface area contributed by atoms with E-state index in [9.17, 15) is 0 Å². The van der Waals surface area contributed by atoms with E-state index < -0.39 is 0 Å². The lowest BCUT2D eigenvalue weighted by Gasteiger charge is -2.21. The van der Waals surface area contributed by atoms with Gasteiger partial charge in [0.05, 0.1) is 43.5 Å². The van der Waals surface area contributed by atoms with Crippen molar-refractivity contribution >= 4 is 96.9 Å². The molecule has 0 radical (unpaired) electrons. The van der Waals surface area contributed by atoms with Gasteiger partial charge >= 0.3 is 0 Å². The zero-order chi connectivity index (χ0) is 40.8. The van der Waals surface area contributed by atoms with Gasteiger partial charge in [-0.1, -0.05) is 141 Å². The molecule has 0 amide bonds. The van der Waals surface area contributed by atoms with E-state index in [1.165, 1.54) is 114 Å². The molecule has 1 aliphatic rings. The molecule has 4 aromatic heterocycles. The largest absolute Gasteiger partial charge is 0.309 e. The number of aromatic nitrogens is 3. The van der Waals surface area contributed by atoms with Crippen molar-refractivity contribution in [3.05, 3.63) is 199 Å². The molecule has 290 valence electrons. The van der Waals surface area contributed by atoms with Gasteiger partial charge in [-0.05, 0) is 105 Å². The number of para-hydroxylation sites is 2. The zero-order valence-electron chi connectivity index (χ0n) is 34.1. The highest BCUT2D eigenvalue weighted by molar-refractivity contribution is 7.26. The minimum atomic E-state index is -0.0309. The van der Waals surface area contributed by atoms with Crippen molar-refractivity contribution in [3.63, 3.8) is 0 Å². The first-order chi connectivity index (χ1) is 30.5. The summed E-state index contributed by atoms with van der Waals surface area (Å²) in [4.78, 5) is 5.29. The highest BCUT2D eigenvalue weighted by Gasteiger charge is 2.35. The molecule has 9 aromatic carbocycles. The Morgan fingerprint density at radius 3 is 1.97 bits per heavy atom. The minimum absolute atomic E-state index is 0.0309. The molecule has 3 nitrogen and oxygen atoms in total. The molecule has 0 saturated heterocycles. The van der Waals surface area contributed by atoms with Crippen molar-refractivity contribution in [3.8, 4) is 33.6 Å². The number of pyridine rings is 1. The van der Waals surface area contributed by atoms with Crippen LogP contribution < -0.4 is 0 Å². The summed E-state index contributed by atoms with van der Waals surface area (Å²) in [7, 11) is 0. The Hall–Kier alpha value is -7.53. The molecule has 0 N–H and O–H groups in total. The summed E-state index contributed by atoms with van der Waals surface area (Å²) < 4.78 is 7.44. The molecular weight excluding hydrogens is 771 g/mol. The van der Waals surface area contributed by atoms with Crippen LogP contribution in [-0.4, -0.2) is 14.1 Å². The summed E-state index contributed by atoms with van der Waals surface area (Å²) in [6.07, 6.45) is 0. The van der Waals surface area contributed by atoms with Crippen LogP contribution in [0.4, 0.5) is 0 Å². The van der Waals surface area contributed by atoms with Gasteiger partial charge in [0.25, 0.3) is 0 Å². The Labute approximate surface area is 361 Å². The average molecular weight is 808 g/mol. The smallest absolute Gasteiger partial charge is 0.0917 e. The SMILES string of the molecule is CC1(C)c2ccccc2-c2cc(-n3c4ccccc4c4cc(-c5ccc6c(c5)c5c7ccccc7ccc5n6-c5c6ccccc6nc6c5sc5ccccc56)ccc43)ccc21. The van der Waals surface area contributed by atoms with Crippen molar-refractivity contribution in [2.45, 2.75) is 19.3 Å². The molecule has 1 aliphatic carbocycles. The maximum Gasteiger partial charge on any atom is 0.0917 e. The molecule has 0 bridgehead atoms. The van der Waals surface area contributed by atoms with Gasteiger partial charge < -0.3 is 9.13 Å². The van der Waals surface area contributed by atoms with Gasteiger partial charge in [0, 0.05) is 48.1 Å². The Balaban J connectivity index is 1.01. The molecule has 0 unspecified atom stereocenters. The van der Waals surface area contributed by atoms with Gasteiger partial charge in [-0.3, -0.25) is 0 Å². The summed E-state index contributed by atoms with van der Waals surface area (Å²) in [5.41, 5.74) is 17.1. The van der Waals surface area contributed by atoms with Crippen LogP contribution in [-0.2, 0) is 5.41 Å². The summed E-state index contributed by atoms with van der Waals surface area (Å²) >= 11 is 1.84. The number of hydrogen-bond acceptors (Lipinski definition) is 2. The Morgan fingerprint density at radius 2 is 1.10 bits per heavy atom. The van der Waals surface area contributed by atoms with Crippen LogP contribution in [0.3, 0.4) is 0 Å². The van der Waals surface area contributed by atoms with Crippen molar-refractivity contribution in [2.75, 3.05) is 0 Å². The van der Waals surface area contributed by atoms with Gasteiger partial charge in [0.15, 0.2) is 0 Å². The lowest BCUT2D eigenvalue weighted by molar-refractivity contribution is 0.660. The second-order valence-corrected chi connectivity index (χ2v) is 18.5. The van der Waals surface area contributed by atoms with E-state index in [0.29, 0.717) is 0 Å². The van der Waals surface area contributed by atoms with E-state index >= 15 is 0 Å². The molecule has 13 aromatic rings. The van der Waals surface area contributed by atoms with E-state index in [2.05, 4.69) is 211 Å². The van der Waals surface area contributed by atoms with E-state index in [0.717, 1.165) is 16.4 Å². The first-order valence-electron chi connectivity index (χ1n) is 21.5. The van der Waals surface area contributed by atoms with Crippen molar-refractivity contribution in [1.82, 2.24) is 14.1 Å². The van der Waals surface area contributed by atoms with Gasteiger partial charge in [0.2, 0.25) is 0 Å². The van der Waals surface area contributed by atoms with Gasteiger partial charge in [-0.25, -0.2) is 4.98 Å². The van der Waals surface area contributed by atoms with Crippen LogP contribution in [0.5, 0.6) is 0 Å². The Morgan fingerprint density at radius 1 is 0.452 bits per heavy atom. The predicted molar refractivity (Wildman–Crippen MR) is 264 cm³/mol. The molecule has 4 heterocycles. The highest BCUT2D eigenvalue weighted by Crippen LogP contribution is 2.50. The van der Waals surface area contributed by atoms with E-state index in [4.69, 9.17) is 4.98 Å². The third-order valence-corrected chi connectivity index (χ3v) is 15.1. The van der Waals surface area contributed by atoms with E-state index in [1.54, 1.807) is 0 Å². The van der Waals surface area contributed by atoms with E-state index in [1.807, 2.05) is 11.3 Å². The monoisotopic (exact) mass is 807 g/mol. The molecule has 62 heavy (non-hydrogen) atoms. The van der Waals surface area contributed by atoms with Crippen LogP contribution in [0.25, 0.3) is 119 Å². The topological polar surface area (TPSA) is 22.8 Å². The maximum absolute atomic E-state index is 5.29. The van der Waals surface area contributed by atoms with Gasteiger partial charge in [0.1, 0.15) is 0 Å².